The summed E-state index contributed by atoms with van der Waals surface area (Å²) in [6.45, 7) is 9.38. The Labute approximate surface area is 110 Å². The van der Waals surface area contributed by atoms with Crippen molar-refractivity contribution in [2.75, 3.05) is 25.6 Å². The molecule has 102 valence electrons. The second-order valence-electron chi connectivity index (χ2n) is 5.20. The standard InChI is InChI=1S/C15H25NO2/c1-10(2)13(9-17)8-16-14-6-12(4)15(18-5)7-11(14)3/h6-7,10,13,16-17H,8-9H2,1-5H3. The summed E-state index contributed by atoms with van der Waals surface area (Å²) in [7, 11) is 1.69. The maximum atomic E-state index is 9.32. The lowest BCUT2D eigenvalue weighted by atomic mass is 9.96. The third-order valence-corrected chi connectivity index (χ3v) is 3.47. The molecule has 0 aliphatic carbocycles. The van der Waals surface area contributed by atoms with Gasteiger partial charge < -0.3 is 15.2 Å². The minimum Gasteiger partial charge on any atom is -0.496 e. The molecule has 1 unspecified atom stereocenters. The average molecular weight is 251 g/mol. The third-order valence-electron chi connectivity index (χ3n) is 3.47. The van der Waals surface area contributed by atoms with Crippen LogP contribution in [-0.2, 0) is 0 Å². The molecule has 1 atom stereocenters. The molecule has 0 aliphatic heterocycles. The number of aliphatic hydroxyl groups is 1. The minimum atomic E-state index is 0.221. The normalized spacial score (nSPS) is 12.6. The van der Waals surface area contributed by atoms with Gasteiger partial charge in [0.2, 0.25) is 0 Å². The third kappa shape index (κ3) is 3.64. The van der Waals surface area contributed by atoms with Gasteiger partial charge in [-0.15, -0.1) is 0 Å². The molecule has 0 radical (unpaired) electrons. The number of methoxy groups -OCH3 is 1. The Hall–Kier alpha value is -1.22. The zero-order valence-electron chi connectivity index (χ0n) is 12.1. The molecule has 1 aromatic carbocycles. The molecule has 0 heterocycles. The van der Waals surface area contributed by atoms with E-state index in [9.17, 15) is 5.11 Å². The Kier molecular flexibility index (Phi) is 5.48. The summed E-state index contributed by atoms with van der Waals surface area (Å²) in [5.74, 6) is 1.68. The van der Waals surface area contributed by atoms with Crippen LogP contribution in [0.5, 0.6) is 5.75 Å². The number of aryl methyl sites for hydroxylation is 2. The predicted molar refractivity (Wildman–Crippen MR) is 76.4 cm³/mol. The molecule has 0 saturated heterocycles. The highest BCUT2D eigenvalue weighted by Crippen LogP contribution is 2.26. The van der Waals surface area contributed by atoms with Crippen molar-refractivity contribution in [3.8, 4) is 5.75 Å². The second kappa shape index (κ2) is 6.64. The van der Waals surface area contributed by atoms with Crippen molar-refractivity contribution >= 4 is 5.69 Å². The lowest BCUT2D eigenvalue weighted by molar-refractivity contribution is 0.198. The van der Waals surface area contributed by atoms with Crippen LogP contribution in [0.25, 0.3) is 0 Å². The first kappa shape index (κ1) is 14.8. The second-order valence-corrected chi connectivity index (χ2v) is 5.20. The van der Waals surface area contributed by atoms with Crippen LogP contribution in [-0.4, -0.2) is 25.4 Å². The first-order valence-electron chi connectivity index (χ1n) is 6.49. The van der Waals surface area contributed by atoms with E-state index in [2.05, 4.69) is 32.2 Å². The summed E-state index contributed by atoms with van der Waals surface area (Å²) in [5.41, 5.74) is 3.40. The average Bonchev–Trinajstić information content (AvgIpc) is 2.33. The number of rotatable bonds is 6. The molecule has 0 bridgehead atoms. The highest BCUT2D eigenvalue weighted by atomic mass is 16.5. The number of ether oxygens (including phenoxy) is 1. The van der Waals surface area contributed by atoms with E-state index in [1.165, 1.54) is 0 Å². The van der Waals surface area contributed by atoms with Gasteiger partial charge in [0.15, 0.2) is 0 Å². The summed E-state index contributed by atoms with van der Waals surface area (Å²) in [4.78, 5) is 0. The quantitative estimate of drug-likeness (QED) is 0.816. The van der Waals surface area contributed by atoms with Crippen LogP contribution in [0, 0.1) is 25.7 Å². The van der Waals surface area contributed by atoms with Gasteiger partial charge in [0, 0.05) is 24.8 Å². The molecule has 2 N–H and O–H groups in total. The van der Waals surface area contributed by atoms with Gasteiger partial charge in [-0.1, -0.05) is 13.8 Å². The zero-order valence-corrected chi connectivity index (χ0v) is 12.1. The van der Waals surface area contributed by atoms with Gasteiger partial charge in [0.1, 0.15) is 5.75 Å². The fourth-order valence-corrected chi connectivity index (χ4v) is 1.95. The lowest BCUT2D eigenvalue weighted by Crippen LogP contribution is -2.23. The molecule has 0 fully saturated rings. The van der Waals surface area contributed by atoms with Crippen molar-refractivity contribution in [2.24, 2.45) is 11.8 Å². The Morgan fingerprint density at radius 1 is 1.22 bits per heavy atom. The Bertz CT molecular complexity index is 388. The molecule has 0 amide bonds. The molecular weight excluding hydrogens is 226 g/mol. The summed E-state index contributed by atoms with van der Waals surface area (Å²) in [5, 5.41) is 12.7. The van der Waals surface area contributed by atoms with E-state index >= 15 is 0 Å². The lowest BCUT2D eigenvalue weighted by Gasteiger charge is -2.21. The van der Waals surface area contributed by atoms with Gasteiger partial charge in [-0.2, -0.15) is 0 Å². The van der Waals surface area contributed by atoms with Crippen molar-refractivity contribution in [3.05, 3.63) is 23.3 Å². The number of anilines is 1. The van der Waals surface area contributed by atoms with Crippen molar-refractivity contribution in [3.63, 3.8) is 0 Å². The predicted octanol–water partition coefficient (Wildman–Crippen LogP) is 2.99. The molecule has 0 saturated carbocycles. The first-order valence-corrected chi connectivity index (χ1v) is 6.49. The van der Waals surface area contributed by atoms with E-state index in [0.717, 1.165) is 29.1 Å². The van der Waals surface area contributed by atoms with E-state index in [-0.39, 0.29) is 12.5 Å². The molecule has 0 aromatic heterocycles. The number of benzene rings is 1. The highest BCUT2D eigenvalue weighted by Gasteiger charge is 2.12. The number of nitrogens with one attached hydrogen (secondary N) is 1. The molecule has 0 spiro atoms. The maximum absolute atomic E-state index is 9.32. The first-order chi connectivity index (χ1) is 8.49. The van der Waals surface area contributed by atoms with Crippen LogP contribution in [0.15, 0.2) is 12.1 Å². The topological polar surface area (TPSA) is 41.5 Å². The smallest absolute Gasteiger partial charge is 0.122 e. The minimum absolute atomic E-state index is 0.221. The maximum Gasteiger partial charge on any atom is 0.122 e. The van der Waals surface area contributed by atoms with Gasteiger partial charge in [0.25, 0.3) is 0 Å². The van der Waals surface area contributed by atoms with E-state index in [0.29, 0.717) is 5.92 Å². The number of hydrogen-bond acceptors (Lipinski definition) is 3. The van der Waals surface area contributed by atoms with Gasteiger partial charge in [0.05, 0.1) is 7.11 Å². The van der Waals surface area contributed by atoms with Crippen molar-refractivity contribution in [2.45, 2.75) is 27.7 Å². The summed E-state index contributed by atoms with van der Waals surface area (Å²) >= 11 is 0. The summed E-state index contributed by atoms with van der Waals surface area (Å²) in [6.07, 6.45) is 0. The molecular formula is C15H25NO2. The van der Waals surface area contributed by atoms with E-state index in [4.69, 9.17) is 4.74 Å². The van der Waals surface area contributed by atoms with Gasteiger partial charge in [-0.3, -0.25) is 0 Å². The van der Waals surface area contributed by atoms with Crippen molar-refractivity contribution in [1.29, 1.82) is 0 Å². The Balaban J connectivity index is 2.76. The molecule has 3 nitrogen and oxygen atoms in total. The molecule has 1 aromatic rings. The molecule has 0 aliphatic rings. The van der Waals surface area contributed by atoms with Crippen LogP contribution in [0.3, 0.4) is 0 Å². The zero-order chi connectivity index (χ0) is 13.7. The van der Waals surface area contributed by atoms with E-state index in [1.807, 2.05) is 13.0 Å². The van der Waals surface area contributed by atoms with Crippen molar-refractivity contribution < 1.29 is 9.84 Å². The molecule has 3 heteroatoms. The van der Waals surface area contributed by atoms with Crippen LogP contribution in [0.4, 0.5) is 5.69 Å². The van der Waals surface area contributed by atoms with E-state index < -0.39 is 0 Å². The van der Waals surface area contributed by atoms with Gasteiger partial charge in [-0.05, 0) is 43.0 Å². The van der Waals surface area contributed by atoms with Crippen molar-refractivity contribution in [1.82, 2.24) is 0 Å². The van der Waals surface area contributed by atoms with Crippen LogP contribution >= 0.6 is 0 Å². The monoisotopic (exact) mass is 251 g/mol. The summed E-state index contributed by atoms with van der Waals surface area (Å²) < 4.78 is 5.30. The van der Waals surface area contributed by atoms with E-state index in [1.54, 1.807) is 7.11 Å². The van der Waals surface area contributed by atoms with Crippen LogP contribution < -0.4 is 10.1 Å². The number of hydrogen-bond donors (Lipinski definition) is 2. The van der Waals surface area contributed by atoms with Crippen LogP contribution in [0.1, 0.15) is 25.0 Å². The highest BCUT2D eigenvalue weighted by molar-refractivity contribution is 5.57. The van der Waals surface area contributed by atoms with Crippen LogP contribution in [0.2, 0.25) is 0 Å². The largest absolute Gasteiger partial charge is 0.496 e. The fourth-order valence-electron chi connectivity index (χ4n) is 1.95. The Morgan fingerprint density at radius 2 is 1.89 bits per heavy atom. The van der Waals surface area contributed by atoms with Gasteiger partial charge >= 0.3 is 0 Å². The summed E-state index contributed by atoms with van der Waals surface area (Å²) in [6, 6.07) is 4.14. The van der Waals surface area contributed by atoms with Gasteiger partial charge in [-0.25, -0.2) is 0 Å². The SMILES string of the molecule is COc1cc(C)c(NCC(CO)C(C)C)cc1C. The Morgan fingerprint density at radius 3 is 2.39 bits per heavy atom. The number of aliphatic hydroxyl groups excluding tert-OH is 1. The fraction of sp³-hybridized carbons (Fsp3) is 0.600. The molecule has 1 rings (SSSR count). The molecule has 18 heavy (non-hydrogen) atoms.